The van der Waals surface area contributed by atoms with Gasteiger partial charge in [0.2, 0.25) is 11.8 Å². The molecule has 0 saturated carbocycles. The zero-order valence-electron chi connectivity index (χ0n) is 43.2. The lowest BCUT2D eigenvalue weighted by Gasteiger charge is -2.20. The van der Waals surface area contributed by atoms with Crippen molar-refractivity contribution in [2.24, 2.45) is 5.73 Å². The Morgan fingerprint density at radius 1 is 0.620 bits per heavy atom. The van der Waals surface area contributed by atoms with Crippen molar-refractivity contribution < 1.29 is 67.0 Å². The van der Waals surface area contributed by atoms with Crippen LogP contribution in [0.25, 0.3) is 0 Å². The quantitative estimate of drug-likeness (QED) is 0.0109. The third-order valence-electron chi connectivity index (χ3n) is 11.2. The second-order valence-electron chi connectivity index (χ2n) is 17.9. The van der Waals surface area contributed by atoms with Gasteiger partial charge >= 0.3 is 31.7 Å². The number of rotatable bonds is 51. The van der Waals surface area contributed by atoms with E-state index in [1.54, 1.807) is 0 Å². The van der Waals surface area contributed by atoms with Crippen molar-refractivity contribution in [1.82, 2.24) is 10.6 Å². The smallest absolute Gasteiger partial charge is 0.472 e. The molecule has 3 unspecified atom stereocenters. The normalized spacial score (nSPS) is 13.7. The van der Waals surface area contributed by atoms with Gasteiger partial charge in [-0.1, -0.05) is 162 Å². The average molecular weight is 1070 g/mol. The monoisotopic (exact) mass is 1070 g/mol. The van der Waals surface area contributed by atoms with Crippen LogP contribution in [-0.4, -0.2) is 107 Å². The molecule has 7 N–H and O–H groups in total. The summed E-state index contributed by atoms with van der Waals surface area (Å²) in [4.78, 5) is 82.4. The number of carboxylic acid groups (broad SMARTS) is 2. The van der Waals surface area contributed by atoms with E-state index in [2.05, 4.69) is 48.8 Å². The standard InChI is InChI=1S/C51H92N3O14PS2/c1-3-5-7-9-11-13-15-17-19-21-23-25-27-29-31-33-48(58)65-40-43(68-49(59)34-32-30-28-26-24-22-20-18-16-14-12-10-8-6-4-2)41-67-69(63,64)66-37-36-53-46(55)35-38-70-71-42-45(51(61)62)54-50(60)44(52)39-47(56)57/h17-20,43-45H,3-16,21-42,52H2,1-2H3,(H,53,55)(H,54,60)(H,56,57)(H,61,62)(H,63,64)/b19-17-,20-18-/t43-,44?,45?/m0/s1. The number of allylic oxidation sites excluding steroid dienone is 4. The Hall–Kier alpha value is -2.93. The molecule has 0 aromatic carbocycles. The van der Waals surface area contributed by atoms with Crippen LogP contribution in [0.1, 0.15) is 206 Å². The van der Waals surface area contributed by atoms with Crippen LogP contribution in [0.3, 0.4) is 0 Å². The maximum atomic E-state index is 12.8. The summed E-state index contributed by atoms with van der Waals surface area (Å²) in [6, 6.07) is -2.73. The molecule has 0 saturated heterocycles. The van der Waals surface area contributed by atoms with Gasteiger partial charge in [0.25, 0.3) is 0 Å². The molecule has 20 heteroatoms. The molecule has 0 aliphatic heterocycles. The van der Waals surface area contributed by atoms with E-state index >= 15 is 0 Å². The summed E-state index contributed by atoms with van der Waals surface area (Å²) in [7, 11) is -2.43. The molecule has 4 atom stereocenters. The van der Waals surface area contributed by atoms with E-state index < -0.39 is 81.3 Å². The van der Waals surface area contributed by atoms with Crippen LogP contribution in [0.5, 0.6) is 0 Å². The molecule has 17 nitrogen and oxygen atoms in total. The summed E-state index contributed by atoms with van der Waals surface area (Å²) >= 11 is 0. The second-order valence-corrected chi connectivity index (χ2v) is 22.0. The van der Waals surface area contributed by atoms with Crippen molar-refractivity contribution in [2.75, 3.05) is 37.9 Å². The third kappa shape index (κ3) is 46.6. The van der Waals surface area contributed by atoms with Crippen LogP contribution in [0, 0.1) is 0 Å². The topological polar surface area (TPSA) is 267 Å². The van der Waals surface area contributed by atoms with E-state index in [9.17, 15) is 43.3 Å². The zero-order valence-corrected chi connectivity index (χ0v) is 45.7. The molecule has 0 fully saturated rings. The number of aliphatic carboxylic acids is 2. The van der Waals surface area contributed by atoms with Crippen molar-refractivity contribution in [2.45, 2.75) is 225 Å². The number of carboxylic acids is 2. The van der Waals surface area contributed by atoms with Gasteiger partial charge in [0.1, 0.15) is 12.6 Å². The fraction of sp³-hybridized carbons (Fsp3) is 0.804. The minimum atomic E-state index is -4.68. The highest BCUT2D eigenvalue weighted by molar-refractivity contribution is 8.76. The molecule has 0 aromatic rings. The summed E-state index contributed by atoms with van der Waals surface area (Å²) in [5, 5.41) is 22.9. The first-order valence-corrected chi connectivity index (χ1v) is 30.5. The molecule has 412 valence electrons. The van der Waals surface area contributed by atoms with Gasteiger partial charge in [0.05, 0.1) is 25.7 Å². The lowest BCUT2D eigenvalue weighted by molar-refractivity contribution is -0.161. The molecule has 71 heavy (non-hydrogen) atoms. The maximum Gasteiger partial charge on any atom is 0.472 e. The Morgan fingerprint density at radius 2 is 1.10 bits per heavy atom. The Balaban J connectivity index is 4.74. The number of phosphoric ester groups is 1. The lowest BCUT2D eigenvalue weighted by Crippen LogP contribution is -2.50. The van der Waals surface area contributed by atoms with Crippen molar-refractivity contribution in [3.8, 4) is 0 Å². The van der Waals surface area contributed by atoms with Gasteiger partial charge in [-0.05, 0) is 64.2 Å². The largest absolute Gasteiger partial charge is 0.481 e. The predicted octanol–water partition coefficient (Wildman–Crippen LogP) is 10.9. The Kier molecular flexibility index (Phi) is 46.1. The number of amides is 2. The van der Waals surface area contributed by atoms with Gasteiger partial charge in [-0.3, -0.25) is 33.0 Å². The third-order valence-corrected chi connectivity index (χ3v) is 14.6. The number of phosphoric acid groups is 1. The number of ether oxygens (including phenoxy) is 2. The van der Waals surface area contributed by atoms with Crippen molar-refractivity contribution >= 4 is 65.1 Å². The predicted molar refractivity (Wildman–Crippen MR) is 284 cm³/mol. The summed E-state index contributed by atoms with van der Waals surface area (Å²) in [5.41, 5.74) is 5.48. The zero-order chi connectivity index (χ0) is 52.6. The van der Waals surface area contributed by atoms with E-state index in [0.29, 0.717) is 12.8 Å². The van der Waals surface area contributed by atoms with Gasteiger partial charge in [-0.25, -0.2) is 9.36 Å². The molecule has 0 spiro atoms. The number of unbranched alkanes of at least 4 members (excludes halogenated alkanes) is 22. The molecular formula is C51H92N3O14PS2. The molecule has 0 aromatic heterocycles. The number of nitrogens with one attached hydrogen (secondary N) is 2. The van der Waals surface area contributed by atoms with E-state index in [-0.39, 0.29) is 43.9 Å². The summed E-state index contributed by atoms with van der Waals surface area (Å²) in [6.45, 7) is 2.99. The number of hydrogen-bond acceptors (Lipinski definition) is 14. The minimum Gasteiger partial charge on any atom is -0.481 e. The molecule has 0 aliphatic carbocycles. The minimum absolute atomic E-state index is 0.0125. The van der Waals surface area contributed by atoms with E-state index in [4.69, 9.17) is 29.4 Å². The molecule has 2 amide bonds. The molecule has 0 radical (unpaired) electrons. The average Bonchev–Trinajstić information content (AvgIpc) is 3.32. The van der Waals surface area contributed by atoms with Crippen LogP contribution < -0.4 is 16.4 Å². The van der Waals surface area contributed by atoms with Gasteiger partial charge in [-0.15, -0.1) is 0 Å². The highest BCUT2D eigenvalue weighted by Crippen LogP contribution is 2.43. The number of esters is 2. The van der Waals surface area contributed by atoms with Gasteiger partial charge in [-0.2, -0.15) is 0 Å². The van der Waals surface area contributed by atoms with Gasteiger partial charge in [0.15, 0.2) is 6.10 Å². The Bertz CT molecular complexity index is 1520. The Labute approximate surface area is 433 Å². The van der Waals surface area contributed by atoms with Crippen LogP contribution in [0.2, 0.25) is 0 Å². The highest BCUT2D eigenvalue weighted by Gasteiger charge is 2.27. The van der Waals surface area contributed by atoms with Crippen molar-refractivity contribution in [1.29, 1.82) is 0 Å². The van der Waals surface area contributed by atoms with Crippen LogP contribution in [0.4, 0.5) is 0 Å². The molecular weight excluding hydrogens is 974 g/mol. The van der Waals surface area contributed by atoms with Crippen molar-refractivity contribution in [3.05, 3.63) is 24.3 Å². The lowest BCUT2D eigenvalue weighted by atomic mass is 10.1. The van der Waals surface area contributed by atoms with Crippen molar-refractivity contribution in [3.63, 3.8) is 0 Å². The summed E-state index contributed by atoms with van der Waals surface area (Å²) < 4.78 is 33.8. The van der Waals surface area contributed by atoms with E-state index in [1.807, 2.05) is 0 Å². The van der Waals surface area contributed by atoms with Gasteiger partial charge in [0, 0.05) is 37.3 Å². The fourth-order valence-electron chi connectivity index (χ4n) is 7.00. The maximum absolute atomic E-state index is 12.8. The van der Waals surface area contributed by atoms with Crippen LogP contribution in [-0.2, 0) is 51.9 Å². The van der Waals surface area contributed by atoms with E-state index in [0.717, 1.165) is 87.8 Å². The second kappa shape index (κ2) is 48.0. The van der Waals surface area contributed by atoms with Crippen LogP contribution >= 0.6 is 29.4 Å². The van der Waals surface area contributed by atoms with Crippen LogP contribution in [0.15, 0.2) is 24.3 Å². The highest BCUT2D eigenvalue weighted by atomic mass is 33.1. The Morgan fingerprint density at radius 3 is 1.59 bits per heavy atom. The number of nitrogens with two attached hydrogens (primary N) is 1. The molecule has 0 rings (SSSR count). The number of carbonyl (C=O) groups is 6. The fourth-order valence-corrected chi connectivity index (χ4v) is 9.89. The first kappa shape index (κ1) is 68.1. The number of carbonyl (C=O) groups excluding carboxylic acids is 4. The first-order chi connectivity index (χ1) is 34.2. The first-order valence-electron chi connectivity index (χ1n) is 26.5. The SMILES string of the molecule is CCCCCCCC/C=C\CCCCCCCC(=O)OC[C@@H](COP(=O)(O)OCCNC(=O)CCSSCC(NC(=O)C(N)CC(=O)O)C(=O)O)OC(=O)CCCCCCC/C=C\CCCCCCCC. The molecule has 0 bridgehead atoms. The number of hydrogen-bond donors (Lipinski definition) is 6. The van der Waals surface area contributed by atoms with E-state index in [1.165, 1.54) is 87.8 Å². The molecule has 0 aliphatic rings. The van der Waals surface area contributed by atoms with Gasteiger partial charge < -0.3 is 40.9 Å². The summed E-state index contributed by atoms with van der Waals surface area (Å²) in [6.07, 6.45) is 36.9. The summed E-state index contributed by atoms with van der Waals surface area (Å²) in [5.74, 6) is -4.78. The molecule has 0 heterocycles.